The highest BCUT2D eigenvalue weighted by molar-refractivity contribution is 5.92. The Morgan fingerprint density at radius 1 is 1.19 bits per heavy atom. The molecule has 0 saturated heterocycles. The number of aromatic nitrogens is 3. The minimum atomic E-state index is -1.11. The lowest BCUT2D eigenvalue weighted by molar-refractivity contribution is 0.0696. The van der Waals surface area contributed by atoms with Crippen LogP contribution in [0.1, 0.15) is 21.7 Å². The Kier molecular flexibility index (Phi) is 4.39. The van der Waals surface area contributed by atoms with Crippen LogP contribution >= 0.6 is 0 Å². The van der Waals surface area contributed by atoms with Gasteiger partial charge in [-0.05, 0) is 13.0 Å². The maximum atomic E-state index is 11.7. The topological polar surface area (TPSA) is 117 Å². The number of hydrogen-bond donors (Lipinski definition) is 3. The van der Waals surface area contributed by atoms with Crippen molar-refractivity contribution in [2.45, 2.75) is 13.5 Å². The van der Waals surface area contributed by atoms with Gasteiger partial charge in [-0.1, -0.05) is 0 Å². The molecule has 0 unspecified atom stereocenters. The Bertz CT molecular complexity index is 657. The highest BCUT2D eigenvalue weighted by atomic mass is 16.4. The molecule has 2 aromatic heterocycles. The van der Waals surface area contributed by atoms with Crippen LogP contribution in [0.25, 0.3) is 0 Å². The lowest BCUT2D eigenvalue weighted by Crippen LogP contribution is -2.28. The molecule has 0 bridgehead atoms. The number of pyridine rings is 1. The third kappa shape index (κ3) is 4.23. The van der Waals surface area contributed by atoms with E-state index in [0.29, 0.717) is 11.4 Å². The third-order valence-electron chi connectivity index (χ3n) is 2.51. The summed E-state index contributed by atoms with van der Waals surface area (Å²) >= 11 is 0. The van der Waals surface area contributed by atoms with Crippen molar-refractivity contribution in [3.8, 4) is 0 Å². The molecule has 0 radical (unpaired) electrons. The summed E-state index contributed by atoms with van der Waals surface area (Å²) in [6.45, 7) is 2.03. The van der Waals surface area contributed by atoms with E-state index in [1.807, 2.05) is 6.92 Å². The van der Waals surface area contributed by atoms with Crippen molar-refractivity contribution in [2.75, 3.05) is 5.32 Å². The fraction of sp³-hybridized carbons (Fsp3) is 0.154. The van der Waals surface area contributed by atoms with Gasteiger partial charge in [0.25, 0.3) is 0 Å². The second kappa shape index (κ2) is 6.42. The van der Waals surface area contributed by atoms with Gasteiger partial charge in [0.2, 0.25) is 0 Å². The summed E-state index contributed by atoms with van der Waals surface area (Å²) in [6, 6.07) is 0.836. The minimum Gasteiger partial charge on any atom is -0.478 e. The summed E-state index contributed by atoms with van der Waals surface area (Å²) in [5, 5.41) is 13.9. The van der Waals surface area contributed by atoms with Gasteiger partial charge in [0, 0.05) is 12.4 Å². The zero-order valence-corrected chi connectivity index (χ0v) is 11.2. The first-order valence-electron chi connectivity index (χ1n) is 6.05. The van der Waals surface area contributed by atoms with Crippen molar-refractivity contribution < 1.29 is 14.7 Å². The molecule has 2 rings (SSSR count). The molecule has 21 heavy (non-hydrogen) atoms. The number of nitrogens with one attached hydrogen (secondary N) is 2. The lowest BCUT2D eigenvalue weighted by atomic mass is 10.3. The quantitative estimate of drug-likeness (QED) is 0.777. The third-order valence-corrected chi connectivity index (χ3v) is 2.51. The van der Waals surface area contributed by atoms with Crippen LogP contribution in [0.15, 0.2) is 30.9 Å². The van der Waals surface area contributed by atoms with Gasteiger partial charge in [-0.25, -0.2) is 9.59 Å². The van der Waals surface area contributed by atoms with Gasteiger partial charge in [-0.2, -0.15) is 0 Å². The molecule has 2 aromatic rings. The zero-order chi connectivity index (χ0) is 15.2. The lowest BCUT2D eigenvalue weighted by Gasteiger charge is -2.07. The number of anilines is 1. The number of nitrogens with zero attached hydrogens (tertiary/aromatic N) is 3. The van der Waals surface area contributed by atoms with Gasteiger partial charge in [0.15, 0.2) is 0 Å². The second-order valence-electron chi connectivity index (χ2n) is 4.22. The predicted octanol–water partition coefficient (Wildman–Crippen LogP) is 1.20. The Hall–Kier alpha value is -3.03. The van der Waals surface area contributed by atoms with E-state index >= 15 is 0 Å². The van der Waals surface area contributed by atoms with E-state index in [0.717, 1.165) is 5.69 Å². The van der Waals surface area contributed by atoms with E-state index in [2.05, 4.69) is 25.6 Å². The number of carbonyl (C=O) groups excluding carboxylic acids is 1. The van der Waals surface area contributed by atoms with E-state index < -0.39 is 12.0 Å². The molecule has 0 aromatic carbocycles. The molecule has 2 heterocycles. The van der Waals surface area contributed by atoms with Crippen molar-refractivity contribution in [3.63, 3.8) is 0 Å². The van der Waals surface area contributed by atoms with Crippen LogP contribution in [0.3, 0.4) is 0 Å². The predicted molar refractivity (Wildman–Crippen MR) is 73.8 cm³/mol. The fourth-order valence-corrected chi connectivity index (χ4v) is 1.48. The molecule has 108 valence electrons. The molecule has 0 spiro atoms. The highest BCUT2D eigenvalue weighted by Crippen LogP contribution is 2.08. The Labute approximate surface area is 120 Å². The van der Waals surface area contributed by atoms with Crippen molar-refractivity contribution in [3.05, 3.63) is 47.8 Å². The maximum Gasteiger partial charge on any atom is 0.337 e. The summed E-state index contributed by atoms with van der Waals surface area (Å²) in [6.07, 6.45) is 5.74. The van der Waals surface area contributed by atoms with Gasteiger partial charge in [-0.15, -0.1) is 0 Å². The molecule has 2 amide bonds. The van der Waals surface area contributed by atoms with Gasteiger partial charge in [-0.3, -0.25) is 15.0 Å². The van der Waals surface area contributed by atoms with Crippen molar-refractivity contribution in [2.24, 2.45) is 0 Å². The van der Waals surface area contributed by atoms with Gasteiger partial charge >= 0.3 is 12.0 Å². The van der Waals surface area contributed by atoms with E-state index in [9.17, 15) is 9.59 Å². The van der Waals surface area contributed by atoms with Crippen LogP contribution in [0, 0.1) is 6.92 Å². The van der Waals surface area contributed by atoms with Gasteiger partial charge < -0.3 is 15.7 Å². The molecule has 8 heteroatoms. The number of urea groups is 1. The van der Waals surface area contributed by atoms with Crippen molar-refractivity contribution in [1.82, 2.24) is 20.3 Å². The zero-order valence-electron chi connectivity index (χ0n) is 11.2. The summed E-state index contributed by atoms with van der Waals surface area (Å²) < 4.78 is 0. The van der Waals surface area contributed by atoms with Gasteiger partial charge in [0.1, 0.15) is 0 Å². The van der Waals surface area contributed by atoms with Crippen LogP contribution in [0.5, 0.6) is 0 Å². The summed E-state index contributed by atoms with van der Waals surface area (Å²) in [4.78, 5) is 34.4. The van der Waals surface area contributed by atoms with Crippen LogP contribution < -0.4 is 10.6 Å². The number of carboxylic acids is 1. The number of aromatic carboxylic acids is 1. The molecule has 0 aliphatic rings. The Balaban J connectivity index is 1.91. The molecule has 0 fully saturated rings. The summed E-state index contributed by atoms with van der Waals surface area (Å²) in [5.41, 5.74) is 1.70. The molecule has 0 saturated carbocycles. The van der Waals surface area contributed by atoms with E-state index in [4.69, 9.17) is 5.11 Å². The SMILES string of the molecule is Cc1cnc(CNC(=O)Nc2cncc(C(=O)O)c2)cn1. The molecular weight excluding hydrogens is 274 g/mol. The fourth-order valence-electron chi connectivity index (χ4n) is 1.48. The highest BCUT2D eigenvalue weighted by Gasteiger charge is 2.07. The second-order valence-corrected chi connectivity index (χ2v) is 4.22. The van der Waals surface area contributed by atoms with Crippen molar-refractivity contribution in [1.29, 1.82) is 0 Å². The Morgan fingerprint density at radius 3 is 2.67 bits per heavy atom. The van der Waals surface area contributed by atoms with Gasteiger partial charge in [0.05, 0.1) is 41.6 Å². The van der Waals surface area contributed by atoms with Crippen LogP contribution in [-0.4, -0.2) is 32.1 Å². The number of aryl methyl sites for hydroxylation is 1. The standard InChI is InChI=1S/C13H13N5O3/c1-8-3-16-11(6-15-8)7-17-13(21)18-10-2-9(12(19)20)4-14-5-10/h2-6H,7H2,1H3,(H,19,20)(H2,17,18,21). The molecule has 3 N–H and O–H groups in total. The maximum absolute atomic E-state index is 11.7. The first-order chi connectivity index (χ1) is 10.0. The molecule has 0 aliphatic heterocycles. The molecule has 0 atom stereocenters. The minimum absolute atomic E-state index is 0.00259. The Morgan fingerprint density at radius 2 is 2.00 bits per heavy atom. The first-order valence-corrected chi connectivity index (χ1v) is 6.05. The smallest absolute Gasteiger partial charge is 0.337 e. The number of rotatable bonds is 4. The normalized spacial score (nSPS) is 9.95. The monoisotopic (exact) mass is 287 g/mol. The average molecular weight is 287 g/mol. The van der Waals surface area contributed by atoms with E-state index in [1.165, 1.54) is 18.5 Å². The molecule has 0 aliphatic carbocycles. The summed E-state index contributed by atoms with van der Waals surface area (Å²) in [7, 11) is 0. The number of carbonyl (C=O) groups is 2. The number of amides is 2. The largest absolute Gasteiger partial charge is 0.478 e. The van der Waals surface area contributed by atoms with Crippen LogP contribution in [-0.2, 0) is 6.54 Å². The van der Waals surface area contributed by atoms with E-state index in [1.54, 1.807) is 12.4 Å². The van der Waals surface area contributed by atoms with Crippen LogP contribution in [0.4, 0.5) is 10.5 Å². The molecular formula is C13H13N5O3. The number of hydrogen-bond acceptors (Lipinski definition) is 5. The van der Waals surface area contributed by atoms with Crippen molar-refractivity contribution >= 4 is 17.7 Å². The average Bonchev–Trinajstić information content (AvgIpc) is 2.47. The van der Waals surface area contributed by atoms with Crippen LogP contribution in [0.2, 0.25) is 0 Å². The number of carboxylic acid groups (broad SMARTS) is 1. The molecule has 8 nitrogen and oxygen atoms in total. The summed E-state index contributed by atoms with van der Waals surface area (Å²) in [5.74, 6) is -1.11. The first kappa shape index (κ1) is 14.4. The van der Waals surface area contributed by atoms with E-state index in [-0.39, 0.29) is 12.1 Å².